The Hall–Kier alpha value is -5.67. The Kier molecular flexibility index (Phi) is 6.86. The van der Waals surface area contributed by atoms with Crippen molar-refractivity contribution in [1.82, 2.24) is 15.0 Å². The number of fused-ring (bicyclic) bond motifs is 7. The van der Waals surface area contributed by atoms with Gasteiger partial charge in [-0.3, -0.25) is 0 Å². The first-order valence-electron chi connectivity index (χ1n) is 18.0. The molecule has 0 radical (unpaired) electrons. The highest BCUT2D eigenvalue weighted by molar-refractivity contribution is 5.97. The maximum absolute atomic E-state index is 5.00. The number of hydrogen-bond donors (Lipinski definition) is 0. The monoisotopic (exact) mass is 659 g/mol. The fraction of sp³-hybridized carbons (Fsp3) is 0.188. The lowest BCUT2D eigenvalue weighted by Gasteiger charge is -2.49. The number of benzene rings is 6. The molecule has 0 spiro atoms. The number of rotatable bonds is 4. The first-order chi connectivity index (χ1) is 24.6. The lowest BCUT2D eigenvalue weighted by molar-refractivity contribution is 0.299. The normalized spacial score (nSPS) is 15.7. The quantitative estimate of drug-likeness (QED) is 0.189. The summed E-state index contributed by atoms with van der Waals surface area (Å²) in [5.74, 6) is 1.99. The van der Waals surface area contributed by atoms with Crippen LogP contribution in [0.1, 0.15) is 63.8 Å². The van der Waals surface area contributed by atoms with Crippen LogP contribution in [0.2, 0.25) is 0 Å². The minimum absolute atomic E-state index is 0.00108. The molecule has 6 aromatic carbocycles. The summed E-state index contributed by atoms with van der Waals surface area (Å²) in [7, 11) is 0. The molecular formula is C48H41N3. The van der Waals surface area contributed by atoms with E-state index in [1.54, 1.807) is 0 Å². The molecule has 1 heterocycles. The van der Waals surface area contributed by atoms with Crippen molar-refractivity contribution >= 4 is 0 Å². The molecule has 1 aromatic heterocycles. The standard InChI is InChI=1S/C48H41N3/c1-46(2)38-26-27-39-42(35-22-13-14-23-37(35)47(3,4)48(39,5)6)41(38)36-25-24-33(29-40(36)46)32-20-15-21-34(28-32)45-50-43(30-16-9-7-10-17-30)49-44(51-45)31-18-11-8-12-19-31/h7-29H,1-6H3. The maximum Gasteiger partial charge on any atom is 0.164 e. The second-order valence-corrected chi connectivity index (χ2v) is 15.7. The van der Waals surface area contributed by atoms with Crippen molar-refractivity contribution in [2.75, 3.05) is 0 Å². The number of nitrogens with zero attached hydrogens (tertiary/aromatic N) is 3. The Balaban J connectivity index is 1.17. The van der Waals surface area contributed by atoms with Crippen molar-refractivity contribution in [3.63, 3.8) is 0 Å². The van der Waals surface area contributed by atoms with E-state index in [-0.39, 0.29) is 16.2 Å². The lowest BCUT2D eigenvalue weighted by atomic mass is 9.54. The van der Waals surface area contributed by atoms with Crippen molar-refractivity contribution in [3.05, 3.63) is 162 Å². The molecule has 0 saturated heterocycles. The highest BCUT2D eigenvalue weighted by Gasteiger charge is 2.48. The summed E-state index contributed by atoms with van der Waals surface area (Å²) in [5, 5.41) is 0. The Morgan fingerprint density at radius 2 is 0.804 bits per heavy atom. The second-order valence-electron chi connectivity index (χ2n) is 15.7. The molecule has 9 rings (SSSR count). The van der Waals surface area contributed by atoms with Crippen LogP contribution in [-0.2, 0) is 16.2 Å². The molecule has 248 valence electrons. The zero-order chi connectivity index (χ0) is 35.1. The molecule has 0 atom stereocenters. The fourth-order valence-corrected chi connectivity index (χ4v) is 8.50. The van der Waals surface area contributed by atoms with E-state index in [0.717, 1.165) is 22.3 Å². The topological polar surface area (TPSA) is 38.7 Å². The minimum atomic E-state index is -0.150. The van der Waals surface area contributed by atoms with Crippen LogP contribution in [0.25, 0.3) is 67.5 Å². The van der Waals surface area contributed by atoms with Gasteiger partial charge in [0.05, 0.1) is 0 Å². The van der Waals surface area contributed by atoms with Gasteiger partial charge in [0.2, 0.25) is 0 Å². The Labute approximate surface area is 301 Å². The molecule has 3 nitrogen and oxygen atoms in total. The smallest absolute Gasteiger partial charge is 0.164 e. The van der Waals surface area contributed by atoms with Crippen LogP contribution in [-0.4, -0.2) is 15.0 Å². The van der Waals surface area contributed by atoms with Gasteiger partial charge in [-0.15, -0.1) is 0 Å². The van der Waals surface area contributed by atoms with Crippen LogP contribution in [0.4, 0.5) is 0 Å². The molecule has 0 bridgehead atoms. The predicted molar refractivity (Wildman–Crippen MR) is 211 cm³/mol. The number of hydrogen-bond acceptors (Lipinski definition) is 3. The van der Waals surface area contributed by atoms with Gasteiger partial charge < -0.3 is 0 Å². The average molecular weight is 660 g/mol. The van der Waals surface area contributed by atoms with Crippen LogP contribution in [0.5, 0.6) is 0 Å². The first kappa shape index (κ1) is 31.3. The van der Waals surface area contributed by atoms with Gasteiger partial charge in [-0.1, -0.05) is 169 Å². The summed E-state index contributed by atoms with van der Waals surface area (Å²) >= 11 is 0. The van der Waals surface area contributed by atoms with Crippen molar-refractivity contribution in [3.8, 4) is 67.5 Å². The highest BCUT2D eigenvalue weighted by atomic mass is 15.0. The van der Waals surface area contributed by atoms with Crippen molar-refractivity contribution in [2.24, 2.45) is 0 Å². The Morgan fingerprint density at radius 1 is 0.333 bits per heavy atom. The molecule has 0 aliphatic heterocycles. The third-order valence-corrected chi connectivity index (χ3v) is 12.1. The molecule has 0 N–H and O–H groups in total. The van der Waals surface area contributed by atoms with E-state index in [2.05, 4.69) is 120 Å². The second kappa shape index (κ2) is 11.2. The van der Waals surface area contributed by atoms with Crippen LogP contribution < -0.4 is 0 Å². The predicted octanol–water partition coefficient (Wildman–Crippen LogP) is 12.1. The molecular weight excluding hydrogens is 619 g/mol. The first-order valence-corrected chi connectivity index (χ1v) is 18.0. The molecule has 3 heteroatoms. The Morgan fingerprint density at radius 3 is 1.47 bits per heavy atom. The zero-order valence-corrected chi connectivity index (χ0v) is 30.1. The summed E-state index contributed by atoms with van der Waals surface area (Å²) < 4.78 is 0. The van der Waals surface area contributed by atoms with Gasteiger partial charge in [0.25, 0.3) is 0 Å². The molecule has 0 unspecified atom stereocenters. The van der Waals surface area contributed by atoms with E-state index >= 15 is 0 Å². The minimum Gasteiger partial charge on any atom is -0.208 e. The van der Waals surface area contributed by atoms with Crippen molar-refractivity contribution in [2.45, 2.75) is 57.8 Å². The third-order valence-electron chi connectivity index (χ3n) is 12.1. The van der Waals surface area contributed by atoms with Crippen molar-refractivity contribution in [1.29, 1.82) is 0 Å². The van der Waals surface area contributed by atoms with Gasteiger partial charge >= 0.3 is 0 Å². The van der Waals surface area contributed by atoms with Crippen LogP contribution >= 0.6 is 0 Å². The zero-order valence-electron chi connectivity index (χ0n) is 30.1. The van der Waals surface area contributed by atoms with E-state index in [1.807, 2.05) is 60.7 Å². The summed E-state index contributed by atoms with van der Waals surface area (Å²) in [6.07, 6.45) is 0. The summed E-state index contributed by atoms with van der Waals surface area (Å²) in [6.45, 7) is 14.4. The van der Waals surface area contributed by atoms with Gasteiger partial charge in [0, 0.05) is 22.1 Å². The Bertz CT molecular complexity index is 2430. The van der Waals surface area contributed by atoms with Crippen LogP contribution in [0.15, 0.2) is 140 Å². The van der Waals surface area contributed by atoms with E-state index in [9.17, 15) is 0 Å². The SMILES string of the molecule is CC1(C)c2cc(-c3cccc(-c4nc(-c5ccccc5)nc(-c5ccccc5)n4)c3)ccc2-c2c1ccc1c2-c2ccccc2C(C)(C)C1(C)C. The van der Waals surface area contributed by atoms with Crippen LogP contribution in [0.3, 0.4) is 0 Å². The summed E-state index contributed by atoms with van der Waals surface area (Å²) in [6, 6.07) is 49.9. The van der Waals surface area contributed by atoms with Crippen LogP contribution in [0, 0.1) is 0 Å². The molecule has 0 amide bonds. The van der Waals surface area contributed by atoms with E-state index in [4.69, 9.17) is 15.0 Å². The third kappa shape index (κ3) is 4.68. The molecule has 51 heavy (non-hydrogen) atoms. The van der Waals surface area contributed by atoms with E-state index in [0.29, 0.717) is 17.5 Å². The van der Waals surface area contributed by atoms with Gasteiger partial charge in [0.1, 0.15) is 0 Å². The molecule has 0 fully saturated rings. The largest absolute Gasteiger partial charge is 0.208 e. The van der Waals surface area contributed by atoms with Gasteiger partial charge in [-0.05, 0) is 78.6 Å². The molecule has 2 aliphatic rings. The maximum atomic E-state index is 5.00. The fourth-order valence-electron chi connectivity index (χ4n) is 8.50. The molecule has 0 saturated carbocycles. The van der Waals surface area contributed by atoms with Gasteiger partial charge in [-0.2, -0.15) is 0 Å². The lowest BCUT2D eigenvalue weighted by Crippen LogP contribution is -2.43. The van der Waals surface area contributed by atoms with E-state index < -0.39 is 0 Å². The average Bonchev–Trinajstić information content (AvgIpc) is 3.40. The summed E-state index contributed by atoms with van der Waals surface area (Å²) in [4.78, 5) is 14.9. The number of aromatic nitrogens is 3. The van der Waals surface area contributed by atoms with Gasteiger partial charge in [-0.25, -0.2) is 15.0 Å². The van der Waals surface area contributed by atoms with Gasteiger partial charge in [0.15, 0.2) is 17.5 Å². The van der Waals surface area contributed by atoms with Crippen molar-refractivity contribution < 1.29 is 0 Å². The van der Waals surface area contributed by atoms with E-state index in [1.165, 1.54) is 50.1 Å². The molecule has 7 aromatic rings. The summed E-state index contributed by atoms with van der Waals surface area (Å²) in [5.41, 5.74) is 16.2. The highest BCUT2D eigenvalue weighted by Crippen LogP contribution is 2.60. The molecule has 2 aliphatic carbocycles.